The van der Waals surface area contributed by atoms with E-state index < -0.39 is 5.97 Å². The predicted molar refractivity (Wildman–Crippen MR) is 60.2 cm³/mol. The zero-order chi connectivity index (χ0) is 12.4. The SMILES string of the molecule is COc1ccc2c(c1)CC(CC(=O)O)NC2=O. The van der Waals surface area contributed by atoms with E-state index in [0.29, 0.717) is 17.7 Å². The molecule has 1 aromatic rings. The van der Waals surface area contributed by atoms with Crippen LogP contribution in [0, 0.1) is 0 Å². The summed E-state index contributed by atoms with van der Waals surface area (Å²) in [5.41, 5.74) is 1.42. The lowest BCUT2D eigenvalue weighted by Gasteiger charge is -2.24. The van der Waals surface area contributed by atoms with Crippen molar-refractivity contribution in [1.29, 1.82) is 0 Å². The second-order valence-electron chi connectivity index (χ2n) is 4.00. The van der Waals surface area contributed by atoms with Crippen LogP contribution in [0.4, 0.5) is 0 Å². The van der Waals surface area contributed by atoms with Gasteiger partial charge in [0.1, 0.15) is 5.75 Å². The van der Waals surface area contributed by atoms with Gasteiger partial charge in [0.2, 0.25) is 0 Å². The summed E-state index contributed by atoms with van der Waals surface area (Å²) < 4.78 is 5.08. The summed E-state index contributed by atoms with van der Waals surface area (Å²) in [6.07, 6.45) is 0.451. The fourth-order valence-corrected chi connectivity index (χ4v) is 2.00. The predicted octanol–water partition coefficient (Wildman–Crippen LogP) is 0.824. The van der Waals surface area contributed by atoms with E-state index in [1.165, 1.54) is 0 Å². The fraction of sp³-hybridized carbons (Fsp3) is 0.333. The topological polar surface area (TPSA) is 75.6 Å². The monoisotopic (exact) mass is 235 g/mol. The van der Waals surface area contributed by atoms with Crippen molar-refractivity contribution in [3.63, 3.8) is 0 Å². The third kappa shape index (κ3) is 2.38. The molecule has 0 aliphatic carbocycles. The number of methoxy groups -OCH3 is 1. The Labute approximate surface area is 98.4 Å². The maximum Gasteiger partial charge on any atom is 0.305 e. The molecule has 1 unspecified atom stereocenters. The summed E-state index contributed by atoms with van der Waals surface area (Å²) in [6.45, 7) is 0. The lowest BCUT2D eigenvalue weighted by Crippen LogP contribution is -2.42. The van der Waals surface area contributed by atoms with Gasteiger partial charge < -0.3 is 15.2 Å². The minimum atomic E-state index is -0.915. The largest absolute Gasteiger partial charge is 0.497 e. The van der Waals surface area contributed by atoms with Crippen molar-refractivity contribution >= 4 is 11.9 Å². The number of carboxylic acid groups (broad SMARTS) is 1. The van der Waals surface area contributed by atoms with Crippen molar-refractivity contribution in [3.05, 3.63) is 29.3 Å². The first-order valence-corrected chi connectivity index (χ1v) is 5.29. The standard InChI is InChI=1S/C12H13NO4/c1-17-9-2-3-10-7(5-9)4-8(6-11(14)15)13-12(10)16/h2-3,5,8H,4,6H2,1H3,(H,13,16)(H,14,15). The first kappa shape index (κ1) is 11.4. The van der Waals surface area contributed by atoms with Gasteiger partial charge in [-0.1, -0.05) is 0 Å². The van der Waals surface area contributed by atoms with Crippen LogP contribution in [0.2, 0.25) is 0 Å². The van der Waals surface area contributed by atoms with Crippen molar-refractivity contribution in [2.24, 2.45) is 0 Å². The Hall–Kier alpha value is -2.04. The fourth-order valence-electron chi connectivity index (χ4n) is 2.00. The highest BCUT2D eigenvalue weighted by Crippen LogP contribution is 2.23. The van der Waals surface area contributed by atoms with Gasteiger partial charge in [-0.2, -0.15) is 0 Å². The van der Waals surface area contributed by atoms with E-state index in [2.05, 4.69) is 5.32 Å². The van der Waals surface area contributed by atoms with Gasteiger partial charge in [0, 0.05) is 11.6 Å². The zero-order valence-corrected chi connectivity index (χ0v) is 9.40. The van der Waals surface area contributed by atoms with Gasteiger partial charge in [-0.05, 0) is 30.2 Å². The van der Waals surface area contributed by atoms with Crippen LogP contribution in [0.25, 0.3) is 0 Å². The minimum Gasteiger partial charge on any atom is -0.497 e. The molecule has 0 fully saturated rings. The molecule has 0 bridgehead atoms. The Morgan fingerprint density at radius 1 is 1.59 bits per heavy atom. The molecule has 0 aromatic heterocycles. The Bertz CT molecular complexity index is 470. The molecule has 0 saturated carbocycles. The highest BCUT2D eigenvalue weighted by Gasteiger charge is 2.25. The molecule has 1 amide bonds. The number of hydrogen-bond acceptors (Lipinski definition) is 3. The van der Waals surface area contributed by atoms with E-state index >= 15 is 0 Å². The number of benzene rings is 1. The Balaban J connectivity index is 2.27. The number of rotatable bonds is 3. The quantitative estimate of drug-likeness (QED) is 0.813. The molecular weight excluding hydrogens is 222 g/mol. The molecule has 17 heavy (non-hydrogen) atoms. The van der Waals surface area contributed by atoms with Crippen molar-refractivity contribution in [1.82, 2.24) is 5.32 Å². The van der Waals surface area contributed by atoms with Crippen LogP contribution >= 0.6 is 0 Å². The highest BCUT2D eigenvalue weighted by molar-refractivity contribution is 5.97. The van der Waals surface area contributed by atoms with Gasteiger partial charge >= 0.3 is 5.97 Å². The van der Waals surface area contributed by atoms with Gasteiger partial charge in [-0.25, -0.2) is 0 Å². The third-order valence-electron chi connectivity index (χ3n) is 2.78. The average Bonchev–Trinajstić information content (AvgIpc) is 2.27. The summed E-state index contributed by atoms with van der Waals surface area (Å²) in [5, 5.41) is 11.4. The van der Waals surface area contributed by atoms with Crippen LogP contribution in [-0.4, -0.2) is 30.1 Å². The molecule has 1 atom stereocenters. The zero-order valence-electron chi connectivity index (χ0n) is 9.40. The molecule has 2 N–H and O–H groups in total. The van der Waals surface area contributed by atoms with Crippen molar-refractivity contribution in [3.8, 4) is 5.75 Å². The summed E-state index contributed by atoms with van der Waals surface area (Å²) in [7, 11) is 1.55. The minimum absolute atomic E-state index is 0.0671. The number of fused-ring (bicyclic) bond motifs is 1. The first-order valence-electron chi connectivity index (χ1n) is 5.29. The lowest BCUT2D eigenvalue weighted by atomic mass is 9.93. The molecule has 5 heteroatoms. The molecule has 90 valence electrons. The molecule has 0 spiro atoms. The second kappa shape index (κ2) is 4.45. The van der Waals surface area contributed by atoms with Crippen LogP contribution in [0.3, 0.4) is 0 Å². The maximum atomic E-state index is 11.7. The Kier molecular flexibility index (Phi) is 2.99. The first-order chi connectivity index (χ1) is 8.10. The van der Waals surface area contributed by atoms with E-state index in [4.69, 9.17) is 9.84 Å². The molecule has 0 saturated heterocycles. The van der Waals surface area contributed by atoms with Gasteiger partial charge in [-0.15, -0.1) is 0 Å². The van der Waals surface area contributed by atoms with Crippen LogP contribution in [0.15, 0.2) is 18.2 Å². The second-order valence-corrected chi connectivity index (χ2v) is 4.00. The number of hydrogen-bond donors (Lipinski definition) is 2. The van der Waals surface area contributed by atoms with Crippen LogP contribution in [-0.2, 0) is 11.2 Å². The van der Waals surface area contributed by atoms with Crippen LogP contribution in [0.5, 0.6) is 5.75 Å². The number of carbonyl (C=O) groups is 2. The Morgan fingerprint density at radius 2 is 2.35 bits per heavy atom. The van der Waals surface area contributed by atoms with Crippen molar-refractivity contribution in [2.75, 3.05) is 7.11 Å². The number of aliphatic carboxylic acids is 1. The van der Waals surface area contributed by atoms with E-state index in [0.717, 1.165) is 5.56 Å². The maximum absolute atomic E-state index is 11.7. The van der Waals surface area contributed by atoms with E-state index in [-0.39, 0.29) is 18.4 Å². The molecular formula is C12H13NO4. The van der Waals surface area contributed by atoms with Crippen LogP contribution in [0.1, 0.15) is 22.3 Å². The average molecular weight is 235 g/mol. The lowest BCUT2D eigenvalue weighted by molar-refractivity contribution is -0.137. The summed E-state index contributed by atoms with van der Waals surface area (Å²) >= 11 is 0. The number of carbonyl (C=O) groups excluding carboxylic acids is 1. The smallest absolute Gasteiger partial charge is 0.305 e. The van der Waals surface area contributed by atoms with E-state index in [9.17, 15) is 9.59 Å². The number of nitrogens with one attached hydrogen (secondary N) is 1. The molecule has 5 nitrogen and oxygen atoms in total. The van der Waals surface area contributed by atoms with Gasteiger partial charge in [-0.3, -0.25) is 9.59 Å². The Morgan fingerprint density at radius 3 is 3.00 bits per heavy atom. The molecule has 0 radical (unpaired) electrons. The number of amides is 1. The molecule has 2 rings (SSSR count). The summed E-state index contributed by atoms with van der Waals surface area (Å²) in [4.78, 5) is 22.4. The normalized spacial score (nSPS) is 18.2. The number of ether oxygens (including phenoxy) is 1. The highest BCUT2D eigenvalue weighted by atomic mass is 16.5. The molecule has 1 heterocycles. The summed E-state index contributed by atoms with van der Waals surface area (Å²) in [6, 6.07) is 4.85. The van der Waals surface area contributed by atoms with Gasteiger partial charge in [0.05, 0.1) is 13.5 Å². The van der Waals surface area contributed by atoms with Crippen LogP contribution < -0.4 is 10.1 Å². The van der Waals surface area contributed by atoms with Gasteiger partial charge in [0.25, 0.3) is 5.91 Å². The van der Waals surface area contributed by atoms with Crippen molar-refractivity contribution in [2.45, 2.75) is 18.9 Å². The van der Waals surface area contributed by atoms with E-state index in [1.54, 1.807) is 25.3 Å². The third-order valence-corrected chi connectivity index (χ3v) is 2.78. The molecule has 1 aliphatic rings. The van der Waals surface area contributed by atoms with Crippen molar-refractivity contribution < 1.29 is 19.4 Å². The molecule has 1 aliphatic heterocycles. The molecule has 1 aromatic carbocycles. The van der Waals surface area contributed by atoms with E-state index in [1.807, 2.05) is 0 Å². The number of carboxylic acids is 1. The van der Waals surface area contributed by atoms with Gasteiger partial charge in [0.15, 0.2) is 0 Å². The summed E-state index contributed by atoms with van der Waals surface area (Å²) in [5.74, 6) is -0.464.